The highest BCUT2D eigenvalue weighted by atomic mass is 16.7. The first-order valence-electron chi connectivity index (χ1n) is 11.1. The number of aromatic nitrogens is 2. The first kappa shape index (κ1) is 23.1. The summed E-state index contributed by atoms with van der Waals surface area (Å²) < 4.78 is 14.6. The summed E-state index contributed by atoms with van der Waals surface area (Å²) in [5.74, 6) is -1.09. The van der Waals surface area contributed by atoms with Gasteiger partial charge in [-0.05, 0) is 107 Å². The number of benzene rings is 2. The van der Waals surface area contributed by atoms with Crippen LogP contribution < -0.4 is 0 Å². The predicted octanol–water partition coefficient (Wildman–Crippen LogP) is 5.78. The van der Waals surface area contributed by atoms with Crippen molar-refractivity contribution in [3.63, 3.8) is 0 Å². The van der Waals surface area contributed by atoms with E-state index in [0.717, 1.165) is 39.7 Å². The van der Waals surface area contributed by atoms with Gasteiger partial charge in [-0.15, -0.1) is 0 Å². The van der Waals surface area contributed by atoms with Gasteiger partial charge in [-0.2, -0.15) is 0 Å². The number of nitrogens with zero attached hydrogens (tertiary/aromatic N) is 2. The van der Waals surface area contributed by atoms with E-state index >= 15 is 0 Å². The largest absolute Gasteiger partial charge is 0.424 e. The second-order valence-corrected chi connectivity index (χ2v) is 8.43. The molecule has 0 N–H and O–H groups in total. The van der Waals surface area contributed by atoms with Gasteiger partial charge in [0, 0.05) is 34.2 Å². The number of carbonyl (C=O) groups is 2. The maximum absolute atomic E-state index is 12.5. The molecule has 6 nitrogen and oxygen atoms in total. The van der Waals surface area contributed by atoms with Crippen LogP contribution in [0.5, 0.6) is 0 Å². The van der Waals surface area contributed by atoms with Gasteiger partial charge in [0.2, 0.25) is 6.79 Å². The number of ether oxygens (including phenoxy) is 2. The Kier molecular flexibility index (Phi) is 6.41. The second kappa shape index (κ2) is 9.43. The van der Waals surface area contributed by atoms with Crippen molar-refractivity contribution < 1.29 is 19.1 Å². The Morgan fingerprint density at radius 2 is 1.09 bits per heavy atom. The maximum atomic E-state index is 12.5. The SMILES string of the molecule is Cc1cc(C(=O)OCOC(=O)c2ccc(-n3c(C)ccc3C)cc2)ccc1-n1c(C)ccc1C. The Morgan fingerprint density at radius 3 is 1.62 bits per heavy atom. The standard InChI is InChI=1S/C28H28N2O4/c1-18-16-24(12-15-26(18)30-21(4)8-9-22(30)5)28(32)34-17-33-27(31)23-10-13-25(14-11-23)29-19(2)6-7-20(29)3/h6-16H,17H2,1-5H3. The summed E-state index contributed by atoms with van der Waals surface area (Å²) in [5, 5.41) is 0. The fourth-order valence-corrected chi connectivity index (χ4v) is 4.21. The zero-order chi connectivity index (χ0) is 24.4. The summed E-state index contributed by atoms with van der Waals surface area (Å²) >= 11 is 0. The Hall–Kier alpha value is -4.06. The lowest BCUT2D eigenvalue weighted by Gasteiger charge is -2.14. The van der Waals surface area contributed by atoms with E-state index in [-0.39, 0.29) is 0 Å². The average molecular weight is 457 g/mol. The van der Waals surface area contributed by atoms with Gasteiger partial charge in [-0.25, -0.2) is 9.59 Å². The molecule has 0 fully saturated rings. The van der Waals surface area contributed by atoms with Gasteiger partial charge in [0.1, 0.15) is 0 Å². The van der Waals surface area contributed by atoms with Gasteiger partial charge >= 0.3 is 11.9 Å². The molecule has 0 radical (unpaired) electrons. The van der Waals surface area contributed by atoms with E-state index in [1.165, 1.54) is 0 Å². The quantitative estimate of drug-likeness (QED) is 0.272. The molecule has 0 spiro atoms. The molecule has 174 valence electrons. The van der Waals surface area contributed by atoms with E-state index in [2.05, 4.69) is 21.3 Å². The van der Waals surface area contributed by atoms with E-state index in [1.54, 1.807) is 24.3 Å². The lowest BCUT2D eigenvalue weighted by atomic mass is 10.1. The fraction of sp³-hybridized carbons (Fsp3) is 0.214. The van der Waals surface area contributed by atoms with Crippen LogP contribution in [0.2, 0.25) is 0 Å². The summed E-state index contributed by atoms with van der Waals surface area (Å²) in [6, 6.07) is 20.7. The van der Waals surface area contributed by atoms with Crippen LogP contribution in [0.4, 0.5) is 0 Å². The normalized spacial score (nSPS) is 10.9. The van der Waals surface area contributed by atoms with Crippen molar-refractivity contribution in [1.29, 1.82) is 0 Å². The lowest BCUT2D eigenvalue weighted by Crippen LogP contribution is -2.13. The maximum Gasteiger partial charge on any atom is 0.341 e. The van der Waals surface area contributed by atoms with Crippen LogP contribution in [0, 0.1) is 34.6 Å². The Balaban J connectivity index is 1.36. The number of hydrogen-bond donors (Lipinski definition) is 0. The first-order valence-corrected chi connectivity index (χ1v) is 11.1. The molecule has 0 aliphatic heterocycles. The van der Waals surface area contributed by atoms with Crippen molar-refractivity contribution in [1.82, 2.24) is 9.13 Å². The molecule has 0 aliphatic carbocycles. The molecule has 2 heterocycles. The molecule has 4 rings (SSSR count). The summed E-state index contributed by atoms with van der Waals surface area (Å²) in [6.07, 6.45) is 0. The monoisotopic (exact) mass is 456 g/mol. The van der Waals surface area contributed by atoms with Crippen molar-refractivity contribution in [3.05, 3.63) is 106 Å². The lowest BCUT2D eigenvalue weighted by molar-refractivity contribution is -0.0167. The molecule has 0 unspecified atom stereocenters. The zero-order valence-electron chi connectivity index (χ0n) is 20.1. The molecular weight excluding hydrogens is 428 g/mol. The van der Waals surface area contributed by atoms with Gasteiger partial charge < -0.3 is 18.6 Å². The molecule has 4 aromatic rings. The van der Waals surface area contributed by atoms with Crippen LogP contribution in [0.3, 0.4) is 0 Å². The number of carbonyl (C=O) groups excluding carboxylic acids is 2. The summed E-state index contributed by atoms with van der Waals surface area (Å²) in [4.78, 5) is 24.8. The van der Waals surface area contributed by atoms with Gasteiger partial charge in [0.15, 0.2) is 0 Å². The predicted molar refractivity (Wildman–Crippen MR) is 131 cm³/mol. The van der Waals surface area contributed by atoms with Crippen molar-refractivity contribution in [3.8, 4) is 11.4 Å². The topological polar surface area (TPSA) is 62.5 Å². The highest BCUT2D eigenvalue weighted by Gasteiger charge is 2.14. The summed E-state index contributed by atoms with van der Waals surface area (Å²) in [5.41, 5.74) is 8.18. The van der Waals surface area contributed by atoms with Crippen molar-refractivity contribution in [2.75, 3.05) is 6.79 Å². The zero-order valence-corrected chi connectivity index (χ0v) is 20.1. The summed E-state index contributed by atoms with van der Waals surface area (Å²) in [6.45, 7) is 9.64. The van der Waals surface area contributed by atoms with E-state index in [9.17, 15) is 9.59 Å². The highest BCUT2D eigenvalue weighted by Crippen LogP contribution is 2.22. The molecule has 0 atom stereocenters. The molecule has 0 amide bonds. The molecule has 2 aromatic heterocycles. The number of rotatable bonds is 6. The minimum Gasteiger partial charge on any atom is -0.424 e. The van der Waals surface area contributed by atoms with Crippen molar-refractivity contribution in [2.45, 2.75) is 34.6 Å². The van der Waals surface area contributed by atoms with E-state index in [1.807, 2.05) is 65.0 Å². The van der Waals surface area contributed by atoms with Gasteiger partial charge in [-0.1, -0.05) is 0 Å². The fourth-order valence-electron chi connectivity index (χ4n) is 4.21. The third-order valence-corrected chi connectivity index (χ3v) is 5.96. The number of aryl methyl sites for hydroxylation is 5. The van der Waals surface area contributed by atoms with Crippen LogP contribution >= 0.6 is 0 Å². The molecule has 0 bridgehead atoms. The Bertz CT molecular complexity index is 1320. The van der Waals surface area contributed by atoms with Crippen LogP contribution in [0.15, 0.2) is 66.7 Å². The third-order valence-electron chi connectivity index (χ3n) is 5.96. The molecule has 0 saturated carbocycles. The van der Waals surface area contributed by atoms with Gasteiger partial charge in [-0.3, -0.25) is 0 Å². The van der Waals surface area contributed by atoms with Crippen LogP contribution in [0.25, 0.3) is 11.4 Å². The molecule has 0 aliphatic rings. The van der Waals surface area contributed by atoms with Gasteiger partial charge in [0.05, 0.1) is 11.1 Å². The number of esters is 2. The van der Waals surface area contributed by atoms with E-state index in [0.29, 0.717) is 11.1 Å². The van der Waals surface area contributed by atoms with E-state index in [4.69, 9.17) is 9.47 Å². The second-order valence-electron chi connectivity index (χ2n) is 8.43. The molecule has 6 heteroatoms. The van der Waals surface area contributed by atoms with Gasteiger partial charge in [0.25, 0.3) is 0 Å². The van der Waals surface area contributed by atoms with E-state index < -0.39 is 18.7 Å². The van der Waals surface area contributed by atoms with Crippen LogP contribution in [-0.4, -0.2) is 27.9 Å². The molecule has 2 aromatic carbocycles. The van der Waals surface area contributed by atoms with Crippen molar-refractivity contribution in [2.24, 2.45) is 0 Å². The van der Waals surface area contributed by atoms with Crippen LogP contribution in [0.1, 0.15) is 49.1 Å². The first-order chi connectivity index (χ1) is 16.3. The number of hydrogen-bond acceptors (Lipinski definition) is 4. The minimum atomic E-state index is -0.551. The molecule has 0 saturated heterocycles. The molecular formula is C28H28N2O4. The smallest absolute Gasteiger partial charge is 0.341 e. The average Bonchev–Trinajstić information content (AvgIpc) is 3.33. The highest BCUT2D eigenvalue weighted by molar-refractivity contribution is 5.91. The minimum absolute atomic E-state index is 0.389. The molecule has 34 heavy (non-hydrogen) atoms. The Morgan fingerprint density at radius 1 is 0.618 bits per heavy atom. The van der Waals surface area contributed by atoms with Crippen LogP contribution in [-0.2, 0) is 9.47 Å². The van der Waals surface area contributed by atoms with Crippen molar-refractivity contribution >= 4 is 11.9 Å². The summed E-state index contributed by atoms with van der Waals surface area (Å²) in [7, 11) is 0. The third kappa shape index (κ3) is 4.53. The Labute approximate surface area is 199 Å².